The molecule has 1 N–H and O–H groups in total. The number of hydrogen-bond donors (Lipinski definition) is 1. The number of aromatic amines is 1. The normalized spacial score (nSPS) is 9.93. The Morgan fingerprint density at radius 2 is 2.36 bits per heavy atom. The minimum Gasteiger partial charge on any atom is -0.323 e. The van der Waals surface area contributed by atoms with Gasteiger partial charge in [-0.1, -0.05) is 0 Å². The Balaban J connectivity index is 3.21. The molecule has 0 aliphatic carbocycles. The van der Waals surface area contributed by atoms with Gasteiger partial charge in [0.2, 0.25) is 0 Å². The number of pyridine rings is 1. The zero-order valence-corrected chi connectivity index (χ0v) is 6.93. The van der Waals surface area contributed by atoms with Crippen LogP contribution in [-0.2, 0) is 0 Å². The monoisotopic (exact) mass is 191 g/mol. The van der Waals surface area contributed by atoms with Crippen LogP contribution in [-0.4, -0.2) is 9.91 Å². The van der Waals surface area contributed by atoms with Crippen molar-refractivity contribution >= 4 is 11.8 Å². The van der Waals surface area contributed by atoms with E-state index in [0.717, 1.165) is 12.1 Å². The fourth-order valence-electron chi connectivity index (χ4n) is 0.853. The Bertz CT molecular complexity index is 481. The van der Waals surface area contributed by atoms with Gasteiger partial charge in [-0.15, -0.1) is 0 Å². The Kier molecular flexibility index (Phi) is 2.76. The van der Waals surface area contributed by atoms with Gasteiger partial charge in [0.1, 0.15) is 0 Å². The number of nitro groups is 1. The maximum atomic E-state index is 10.9. The van der Waals surface area contributed by atoms with Crippen molar-refractivity contribution in [2.24, 2.45) is 0 Å². The van der Waals surface area contributed by atoms with Crippen LogP contribution in [0.1, 0.15) is 5.56 Å². The molecule has 1 aromatic rings. The van der Waals surface area contributed by atoms with Crippen LogP contribution < -0.4 is 5.56 Å². The van der Waals surface area contributed by atoms with Gasteiger partial charge in [-0.05, 0) is 11.6 Å². The summed E-state index contributed by atoms with van der Waals surface area (Å²) in [4.78, 5) is 22.7. The van der Waals surface area contributed by atoms with Gasteiger partial charge in [-0.25, -0.2) is 0 Å². The van der Waals surface area contributed by atoms with Crippen molar-refractivity contribution in [1.29, 1.82) is 5.26 Å². The first-order valence-corrected chi connectivity index (χ1v) is 3.58. The van der Waals surface area contributed by atoms with E-state index in [2.05, 4.69) is 4.98 Å². The van der Waals surface area contributed by atoms with E-state index in [1.54, 1.807) is 6.07 Å². The van der Waals surface area contributed by atoms with Gasteiger partial charge in [-0.3, -0.25) is 14.9 Å². The molecule has 0 bridgehead atoms. The Morgan fingerprint density at radius 3 is 2.93 bits per heavy atom. The van der Waals surface area contributed by atoms with Crippen LogP contribution in [0.15, 0.2) is 23.1 Å². The predicted octanol–water partition coefficient (Wildman–Crippen LogP) is 0.820. The summed E-state index contributed by atoms with van der Waals surface area (Å²) >= 11 is 0. The molecule has 0 spiro atoms. The molecular weight excluding hydrogens is 186 g/mol. The molecule has 0 radical (unpaired) electrons. The molecule has 0 saturated carbocycles. The first-order chi connectivity index (χ1) is 6.65. The van der Waals surface area contributed by atoms with Gasteiger partial charge >= 0.3 is 11.2 Å². The van der Waals surface area contributed by atoms with Crippen LogP contribution in [0.3, 0.4) is 0 Å². The van der Waals surface area contributed by atoms with Gasteiger partial charge in [0.25, 0.3) is 0 Å². The minimum atomic E-state index is -0.775. The van der Waals surface area contributed by atoms with Crippen LogP contribution in [0.2, 0.25) is 0 Å². The predicted molar refractivity (Wildman–Crippen MR) is 48.4 cm³/mol. The van der Waals surface area contributed by atoms with Crippen LogP contribution in [0.4, 0.5) is 5.69 Å². The maximum Gasteiger partial charge on any atom is 0.334 e. The summed E-state index contributed by atoms with van der Waals surface area (Å²) in [6.45, 7) is 0. The fraction of sp³-hybridized carbons (Fsp3) is 0. The molecule has 1 heterocycles. The van der Waals surface area contributed by atoms with Gasteiger partial charge in [0, 0.05) is 18.3 Å². The zero-order chi connectivity index (χ0) is 10.6. The number of nitriles is 1. The highest BCUT2D eigenvalue weighted by Gasteiger charge is 2.11. The summed E-state index contributed by atoms with van der Waals surface area (Å²) in [6, 6.07) is 2.84. The summed E-state index contributed by atoms with van der Waals surface area (Å²) in [5.74, 6) is 0. The van der Waals surface area contributed by atoms with Crippen molar-refractivity contribution in [3.8, 4) is 6.07 Å². The number of nitrogens with one attached hydrogen (secondary N) is 1. The highest BCUT2D eigenvalue weighted by molar-refractivity contribution is 5.53. The number of allylic oxidation sites excluding steroid dienone is 1. The van der Waals surface area contributed by atoms with Crippen LogP contribution in [0.5, 0.6) is 0 Å². The Labute approximate surface area is 78.3 Å². The third-order valence-corrected chi connectivity index (χ3v) is 1.45. The molecule has 0 atom stereocenters. The summed E-state index contributed by atoms with van der Waals surface area (Å²) in [5.41, 5.74) is -0.896. The molecular formula is C8H5N3O3. The van der Waals surface area contributed by atoms with Crippen LogP contribution >= 0.6 is 0 Å². The molecule has 0 amide bonds. The molecule has 0 fully saturated rings. The van der Waals surface area contributed by atoms with Crippen molar-refractivity contribution in [2.45, 2.75) is 0 Å². The molecule has 0 aromatic carbocycles. The van der Waals surface area contributed by atoms with E-state index in [1.165, 1.54) is 12.3 Å². The van der Waals surface area contributed by atoms with E-state index < -0.39 is 16.2 Å². The standard InChI is InChI=1S/C8H5N3O3/c9-3-1-2-6-4-7(11(13)14)8(12)10-5-6/h1-2,4-5H,(H,10,12). The molecule has 0 unspecified atom stereocenters. The molecule has 1 aromatic heterocycles. The van der Waals surface area contributed by atoms with E-state index in [4.69, 9.17) is 5.26 Å². The number of aromatic nitrogens is 1. The van der Waals surface area contributed by atoms with Crippen molar-refractivity contribution in [2.75, 3.05) is 0 Å². The topological polar surface area (TPSA) is 99.8 Å². The fourth-order valence-corrected chi connectivity index (χ4v) is 0.853. The summed E-state index contributed by atoms with van der Waals surface area (Å²) in [6.07, 6.45) is 3.82. The van der Waals surface area contributed by atoms with Gasteiger partial charge in [0.05, 0.1) is 11.0 Å². The number of H-pyrrole nitrogens is 1. The average Bonchev–Trinajstić information content (AvgIpc) is 2.16. The molecule has 0 saturated heterocycles. The van der Waals surface area contributed by atoms with Crippen molar-refractivity contribution < 1.29 is 4.92 Å². The van der Waals surface area contributed by atoms with Crippen molar-refractivity contribution in [3.05, 3.63) is 44.4 Å². The lowest BCUT2D eigenvalue weighted by Gasteiger charge is -1.92. The Morgan fingerprint density at radius 1 is 1.64 bits per heavy atom. The van der Waals surface area contributed by atoms with Crippen molar-refractivity contribution in [3.63, 3.8) is 0 Å². The van der Waals surface area contributed by atoms with E-state index in [-0.39, 0.29) is 0 Å². The van der Waals surface area contributed by atoms with Crippen LogP contribution in [0.25, 0.3) is 6.08 Å². The minimum absolute atomic E-state index is 0.401. The van der Waals surface area contributed by atoms with Gasteiger partial charge in [-0.2, -0.15) is 5.26 Å². The van der Waals surface area contributed by atoms with Gasteiger partial charge in [0.15, 0.2) is 0 Å². The first-order valence-electron chi connectivity index (χ1n) is 3.58. The van der Waals surface area contributed by atoms with Gasteiger partial charge < -0.3 is 4.98 Å². The SMILES string of the molecule is N#CC=Cc1c[nH]c(=O)c([N+](=O)[O-])c1. The Hall–Kier alpha value is -2.42. The van der Waals surface area contributed by atoms with E-state index in [0.29, 0.717) is 5.56 Å². The highest BCUT2D eigenvalue weighted by atomic mass is 16.6. The lowest BCUT2D eigenvalue weighted by atomic mass is 10.2. The number of rotatable bonds is 2. The van der Waals surface area contributed by atoms with E-state index >= 15 is 0 Å². The quantitative estimate of drug-likeness (QED) is 0.424. The largest absolute Gasteiger partial charge is 0.334 e. The second-order valence-electron chi connectivity index (χ2n) is 2.37. The van der Waals surface area contributed by atoms with Crippen LogP contribution in [0, 0.1) is 21.4 Å². The lowest BCUT2D eigenvalue weighted by molar-refractivity contribution is -0.386. The van der Waals surface area contributed by atoms with E-state index in [1.807, 2.05) is 0 Å². The second kappa shape index (κ2) is 4.00. The zero-order valence-electron chi connectivity index (χ0n) is 6.93. The average molecular weight is 191 g/mol. The second-order valence-corrected chi connectivity index (χ2v) is 2.37. The third-order valence-electron chi connectivity index (χ3n) is 1.45. The first kappa shape index (κ1) is 9.67. The molecule has 6 heteroatoms. The molecule has 0 aliphatic rings. The summed E-state index contributed by atoms with van der Waals surface area (Å²) in [5, 5.41) is 18.6. The smallest absolute Gasteiger partial charge is 0.323 e. The number of nitrogens with zero attached hydrogens (tertiary/aromatic N) is 2. The summed E-state index contributed by atoms with van der Waals surface area (Å²) < 4.78 is 0. The number of hydrogen-bond acceptors (Lipinski definition) is 4. The molecule has 1 rings (SSSR count). The molecule has 6 nitrogen and oxygen atoms in total. The third kappa shape index (κ3) is 2.04. The maximum absolute atomic E-state index is 10.9. The van der Waals surface area contributed by atoms with E-state index in [9.17, 15) is 14.9 Å². The van der Waals surface area contributed by atoms with Crippen molar-refractivity contribution in [1.82, 2.24) is 4.98 Å². The molecule has 0 aliphatic heterocycles. The molecule has 70 valence electrons. The molecule has 14 heavy (non-hydrogen) atoms. The summed E-state index contributed by atoms with van der Waals surface area (Å²) in [7, 11) is 0. The lowest BCUT2D eigenvalue weighted by Crippen LogP contribution is -2.10. The highest BCUT2D eigenvalue weighted by Crippen LogP contribution is 2.07.